The first-order chi connectivity index (χ1) is 11.1. The monoisotopic (exact) mass is 342 g/mol. The van der Waals surface area contributed by atoms with Crippen molar-refractivity contribution in [1.29, 1.82) is 0 Å². The van der Waals surface area contributed by atoms with Crippen LogP contribution in [-0.2, 0) is 4.74 Å². The molecule has 0 aliphatic heterocycles. The van der Waals surface area contributed by atoms with Crippen molar-refractivity contribution in [2.24, 2.45) is 17.6 Å². The minimum absolute atomic E-state index is 0.0317. The molecule has 1 saturated carbocycles. The number of hydrogen-bond donors (Lipinski definition) is 2. The Morgan fingerprint density at radius 3 is 2.33 bits per heavy atom. The smallest absolute Gasteiger partial charge is 0.410 e. The van der Waals surface area contributed by atoms with Crippen LogP contribution in [0.25, 0.3) is 0 Å². The molecule has 0 saturated heterocycles. The van der Waals surface area contributed by atoms with E-state index >= 15 is 0 Å². The zero-order valence-electron chi connectivity index (χ0n) is 16.3. The zero-order valence-corrected chi connectivity index (χ0v) is 16.3. The Balaban J connectivity index is 2.59. The van der Waals surface area contributed by atoms with E-state index < -0.39 is 5.60 Å². The summed E-state index contributed by atoms with van der Waals surface area (Å²) in [4.78, 5) is 14.3. The van der Waals surface area contributed by atoms with E-state index in [9.17, 15) is 9.90 Å². The highest BCUT2D eigenvalue weighted by Crippen LogP contribution is 2.33. The first kappa shape index (κ1) is 21.2. The predicted octanol–water partition coefficient (Wildman–Crippen LogP) is 3.54. The Labute approximate surface area is 147 Å². The number of aliphatic hydroxyl groups excluding tert-OH is 1. The van der Waals surface area contributed by atoms with Gasteiger partial charge in [0.1, 0.15) is 5.60 Å². The van der Waals surface area contributed by atoms with Gasteiger partial charge in [-0.15, -0.1) is 0 Å². The lowest BCUT2D eigenvalue weighted by atomic mass is 10.0. The van der Waals surface area contributed by atoms with Crippen LogP contribution in [0.2, 0.25) is 0 Å². The van der Waals surface area contributed by atoms with Crippen molar-refractivity contribution in [3.8, 4) is 0 Å². The molecule has 142 valence electrons. The molecule has 5 heteroatoms. The molecule has 1 unspecified atom stereocenters. The number of rotatable bonds is 10. The average Bonchev–Trinajstić information content (AvgIpc) is 3.27. The Morgan fingerprint density at radius 2 is 1.88 bits per heavy atom. The predicted molar refractivity (Wildman–Crippen MR) is 97.8 cm³/mol. The zero-order chi connectivity index (χ0) is 18.3. The molecule has 3 N–H and O–H groups in total. The minimum atomic E-state index is -0.526. The largest absolute Gasteiger partial charge is 0.444 e. The quantitative estimate of drug-likeness (QED) is 0.637. The second kappa shape index (κ2) is 9.62. The fourth-order valence-corrected chi connectivity index (χ4v) is 2.84. The molecule has 0 spiro atoms. The Morgan fingerprint density at radius 1 is 1.25 bits per heavy atom. The Bertz CT molecular complexity index is 375. The first-order valence-corrected chi connectivity index (χ1v) is 9.50. The molecule has 1 fully saturated rings. The number of aliphatic hydroxyl groups is 1. The molecule has 2 atom stereocenters. The van der Waals surface area contributed by atoms with Gasteiger partial charge in [0.05, 0.1) is 12.6 Å². The van der Waals surface area contributed by atoms with E-state index in [1.165, 1.54) is 12.8 Å². The maximum absolute atomic E-state index is 12.6. The summed E-state index contributed by atoms with van der Waals surface area (Å²) in [7, 11) is 0. The van der Waals surface area contributed by atoms with Crippen LogP contribution in [0.3, 0.4) is 0 Å². The standard InChI is InChI=1S/C19H38N2O3/c1-14(2)11-12-21(18(23)24-19(3,4)5)16(13-22)7-6-8-17(20)15-9-10-15/h14-17,22H,6-13,20H2,1-5H3/t16-,17?/m0/s1. The lowest BCUT2D eigenvalue weighted by molar-refractivity contribution is 0.00673. The van der Waals surface area contributed by atoms with Crippen LogP contribution in [-0.4, -0.2) is 46.9 Å². The summed E-state index contributed by atoms with van der Waals surface area (Å²) < 4.78 is 5.54. The summed E-state index contributed by atoms with van der Waals surface area (Å²) in [6.45, 7) is 10.5. The van der Waals surface area contributed by atoms with E-state index in [2.05, 4.69) is 13.8 Å². The first-order valence-electron chi connectivity index (χ1n) is 9.50. The second-order valence-corrected chi connectivity index (χ2v) is 8.62. The maximum atomic E-state index is 12.6. The third-order valence-electron chi connectivity index (χ3n) is 4.53. The molecular formula is C19H38N2O3. The van der Waals surface area contributed by atoms with Gasteiger partial charge in [0.2, 0.25) is 0 Å². The molecule has 0 bridgehead atoms. The number of nitrogens with two attached hydrogens (primary N) is 1. The summed E-state index contributed by atoms with van der Waals surface area (Å²) in [6, 6.07) is 0.0833. The summed E-state index contributed by atoms with van der Waals surface area (Å²) in [5, 5.41) is 9.81. The topological polar surface area (TPSA) is 75.8 Å². The number of amides is 1. The minimum Gasteiger partial charge on any atom is -0.444 e. The van der Waals surface area contributed by atoms with Crippen LogP contribution in [0, 0.1) is 11.8 Å². The van der Waals surface area contributed by atoms with Crippen molar-refractivity contribution in [1.82, 2.24) is 4.90 Å². The van der Waals surface area contributed by atoms with E-state index in [1.54, 1.807) is 4.90 Å². The summed E-state index contributed by atoms with van der Waals surface area (Å²) in [5.41, 5.74) is 5.63. The van der Waals surface area contributed by atoms with Crippen molar-refractivity contribution >= 4 is 6.09 Å². The van der Waals surface area contributed by atoms with Gasteiger partial charge in [-0.3, -0.25) is 0 Å². The van der Waals surface area contributed by atoms with Crippen molar-refractivity contribution in [3.05, 3.63) is 0 Å². The lowest BCUT2D eigenvalue weighted by Crippen LogP contribution is -2.46. The van der Waals surface area contributed by atoms with Crippen LogP contribution in [0.5, 0.6) is 0 Å². The van der Waals surface area contributed by atoms with Gasteiger partial charge in [0.25, 0.3) is 0 Å². The molecular weight excluding hydrogens is 304 g/mol. The lowest BCUT2D eigenvalue weighted by Gasteiger charge is -2.33. The number of carbonyl (C=O) groups excluding carboxylic acids is 1. The van der Waals surface area contributed by atoms with Crippen molar-refractivity contribution in [2.75, 3.05) is 13.2 Å². The normalized spacial score (nSPS) is 17.7. The fraction of sp³-hybridized carbons (Fsp3) is 0.947. The van der Waals surface area contributed by atoms with Crippen LogP contribution < -0.4 is 5.73 Å². The maximum Gasteiger partial charge on any atom is 0.410 e. The molecule has 0 aromatic rings. The molecule has 1 rings (SSSR count). The molecule has 0 aromatic carbocycles. The number of nitrogens with zero attached hydrogens (tertiary/aromatic N) is 1. The summed E-state index contributed by atoms with van der Waals surface area (Å²) in [6.07, 6.45) is 5.75. The third kappa shape index (κ3) is 8.34. The molecule has 1 aliphatic rings. The van der Waals surface area contributed by atoms with Crippen LogP contribution >= 0.6 is 0 Å². The Kier molecular flexibility index (Phi) is 8.51. The van der Waals surface area contributed by atoms with Gasteiger partial charge in [-0.25, -0.2) is 4.79 Å². The highest BCUT2D eigenvalue weighted by Gasteiger charge is 2.30. The average molecular weight is 343 g/mol. The van der Waals surface area contributed by atoms with Gasteiger partial charge < -0.3 is 20.5 Å². The summed E-state index contributed by atoms with van der Waals surface area (Å²) in [5.74, 6) is 1.19. The highest BCUT2D eigenvalue weighted by molar-refractivity contribution is 5.68. The van der Waals surface area contributed by atoms with Gasteiger partial charge in [0.15, 0.2) is 0 Å². The van der Waals surface area contributed by atoms with E-state index in [4.69, 9.17) is 10.5 Å². The highest BCUT2D eigenvalue weighted by atomic mass is 16.6. The van der Waals surface area contributed by atoms with E-state index in [1.807, 2.05) is 20.8 Å². The van der Waals surface area contributed by atoms with E-state index in [0.29, 0.717) is 18.4 Å². The Hall–Kier alpha value is -0.810. The van der Waals surface area contributed by atoms with E-state index in [-0.39, 0.29) is 24.8 Å². The van der Waals surface area contributed by atoms with Crippen molar-refractivity contribution in [2.45, 2.75) is 90.8 Å². The van der Waals surface area contributed by atoms with Gasteiger partial charge in [0, 0.05) is 12.6 Å². The van der Waals surface area contributed by atoms with Crippen molar-refractivity contribution < 1.29 is 14.6 Å². The summed E-state index contributed by atoms with van der Waals surface area (Å²) >= 11 is 0. The number of carbonyl (C=O) groups is 1. The SMILES string of the molecule is CC(C)CCN(C(=O)OC(C)(C)C)[C@H](CO)CCCC(N)C1CC1. The molecule has 0 radical (unpaired) electrons. The molecule has 1 aliphatic carbocycles. The molecule has 0 heterocycles. The molecule has 5 nitrogen and oxygen atoms in total. The van der Waals surface area contributed by atoms with E-state index in [0.717, 1.165) is 25.7 Å². The molecule has 24 heavy (non-hydrogen) atoms. The van der Waals surface area contributed by atoms with Crippen LogP contribution in [0.1, 0.15) is 73.1 Å². The molecule has 1 amide bonds. The number of ether oxygens (including phenoxy) is 1. The third-order valence-corrected chi connectivity index (χ3v) is 4.53. The van der Waals surface area contributed by atoms with Crippen molar-refractivity contribution in [3.63, 3.8) is 0 Å². The second-order valence-electron chi connectivity index (χ2n) is 8.62. The van der Waals surface area contributed by atoms with Gasteiger partial charge in [-0.2, -0.15) is 0 Å². The fourth-order valence-electron chi connectivity index (χ4n) is 2.84. The van der Waals surface area contributed by atoms with Gasteiger partial charge in [-0.1, -0.05) is 13.8 Å². The van der Waals surface area contributed by atoms with Crippen LogP contribution in [0.4, 0.5) is 4.79 Å². The van der Waals surface area contributed by atoms with Crippen LogP contribution in [0.15, 0.2) is 0 Å². The van der Waals surface area contributed by atoms with Gasteiger partial charge >= 0.3 is 6.09 Å². The number of hydrogen-bond acceptors (Lipinski definition) is 4. The van der Waals surface area contributed by atoms with Gasteiger partial charge in [-0.05, 0) is 71.1 Å². The molecule has 0 aromatic heterocycles.